The summed E-state index contributed by atoms with van der Waals surface area (Å²) in [7, 11) is 0. The molecule has 0 fully saturated rings. The molecular formula is C14H21N. The zero-order valence-electron chi connectivity index (χ0n) is 10.0. The lowest BCUT2D eigenvalue weighted by Crippen LogP contribution is -2.36. The van der Waals surface area contributed by atoms with Crippen molar-refractivity contribution in [2.75, 3.05) is 0 Å². The van der Waals surface area contributed by atoms with Crippen molar-refractivity contribution in [2.24, 2.45) is 5.92 Å². The third-order valence-corrected chi connectivity index (χ3v) is 3.17. The zero-order chi connectivity index (χ0) is 10.8. The number of rotatable bonds is 2. The van der Waals surface area contributed by atoms with E-state index in [2.05, 4.69) is 44.3 Å². The Labute approximate surface area is 92.9 Å². The van der Waals surface area contributed by atoms with Crippen LogP contribution >= 0.6 is 0 Å². The van der Waals surface area contributed by atoms with Crippen LogP contribution in [0.1, 0.15) is 37.0 Å². The lowest BCUT2D eigenvalue weighted by Gasteiger charge is -2.27. The van der Waals surface area contributed by atoms with Gasteiger partial charge in [-0.15, -0.1) is 0 Å². The highest BCUT2D eigenvalue weighted by Gasteiger charge is 2.18. The van der Waals surface area contributed by atoms with E-state index in [1.54, 1.807) is 5.56 Å². The van der Waals surface area contributed by atoms with Crippen molar-refractivity contribution in [3.8, 4) is 0 Å². The number of fused-ring (bicyclic) bond motifs is 1. The summed E-state index contributed by atoms with van der Waals surface area (Å²) in [5.41, 5.74) is 4.43. The largest absolute Gasteiger partial charge is 0.310 e. The normalized spacial score (nSPS) is 20.4. The molecule has 1 heteroatoms. The summed E-state index contributed by atoms with van der Waals surface area (Å²) in [6.07, 6.45) is 2.49. The fourth-order valence-electron chi connectivity index (χ4n) is 2.44. The molecule has 1 aliphatic rings. The van der Waals surface area contributed by atoms with E-state index in [4.69, 9.17) is 0 Å². The molecule has 1 aliphatic heterocycles. The fourth-order valence-corrected chi connectivity index (χ4v) is 2.44. The predicted octanol–water partition coefficient (Wildman–Crippen LogP) is 3.06. The van der Waals surface area contributed by atoms with Gasteiger partial charge >= 0.3 is 0 Å². The van der Waals surface area contributed by atoms with E-state index in [0.717, 1.165) is 12.5 Å². The fraction of sp³-hybridized carbons (Fsp3) is 0.571. The van der Waals surface area contributed by atoms with Crippen molar-refractivity contribution < 1.29 is 0 Å². The minimum atomic E-state index is 0.680. The maximum atomic E-state index is 3.63. The molecule has 0 aromatic heterocycles. The first kappa shape index (κ1) is 10.7. The van der Waals surface area contributed by atoms with Gasteiger partial charge in [0.25, 0.3) is 0 Å². The molecule has 2 rings (SSSR count). The molecule has 1 heterocycles. The third kappa shape index (κ3) is 2.60. The van der Waals surface area contributed by atoms with Crippen LogP contribution in [-0.4, -0.2) is 6.04 Å². The molecule has 0 radical (unpaired) electrons. The van der Waals surface area contributed by atoms with E-state index in [-0.39, 0.29) is 0 Å². The van der Waals surface area contributed by atoms with Crippen LogP contribution in [0.4, 0.5) is 0 Å². The maximum absolute atomic E-state index is 3.63. The third-order valence-electron chi connectivity index (χ3n) is 3.17. The van der Waals surface area contributed by atoms with Crippen molar-refractivity contribution in [3.05, 3.63) is 34.9 Å². The number of benzene rings is 1. The highest BCUT2D eigenvalue weighted by molar-refractivity contribution is 5.33. The molecule has 1 unspecified atom stereocenters. The van der Waals surface area contributed by atoms with Crippen LogP contribution < -0.4 is 5.32 Å². The Hall–Kier alpha value is -0.820. The Bertz CT molecular complexity index is 341. The van der Waals surface area contributed by atoms with Gasteiger partial charge in [-0.2, -0.15) is 0 Å². The van der Waals surface area contributed by atoms with Crippen molar-refractivity contribution >= 4 is 0 Å². The van der Waals surface area contributed by atoms with E-state index in [1.807, 2.05) is 0 Å². The molecule has 1 aromatic carbocycles. The van der Waals surface area contributed by atoms with Crippen LogP contribution in [0.2, 0.25) is 0 Å². The van der Waals surface area contributed by atoms with Gasteiger partial charge in [0.05, 0.1) is 0 Å². The van der Waals surface area contributed by atoms with Gasteiger partial charge in [-0.05, 0) is 36.8 Å². The van der Waals surface area contributed by atoms with Crippen molar-refractivity contribution in [3.63, 3.8) is 0 Å². The molecule has 0 bridgehead atoms. The number of nitrogens with one attached hydrogen (secondary N) is 1. The first-order chi connectivity index (χ1) is 7.15. The Morgan fingerprint density at radius 1 is 1.33 bits per heavy atom. The van der Waals surface area contributed by atoms with Gasteiger partial charge in [-0.3, -0.25) is 0 Å². The van der Waals surface area contributed by atoms with Crippen molar-refractivity contribution in [1.29, 1.82) is 0 Å². The molecule has 1 nitrogen and oxygen atoms in total. The second-order valence-electron chi connectivity index (χ2n) is 5.18. The first-order valence-electron chi connectivity index (χ1n) is 5.97. The van der Waals surface area contributed by atoms with Crippen molar-refractivity contribution in [2.45, 2.75) is 46.2 Å². The molecule has 0 spiro atoms. The van der Waals surface area contributed by atoms with Gasteiger partial charge in [0.15, 0.2) is 0 Å². The average molecular weight is 203 g/mol. The van der Waals surface area contributed by atoms with Gasteiger partial charge in [-0.25, -0.2) is 0 Å². The second kappa shape index (κ2) is 4.36. The zero-order valence-corrected chi connectivity index (χ0v) is 10.0. The highest BCUT2D eigenvalue weighted by atomic mass is 14.9. The highest BCUT2D eigenvalue weighted by Crippen LogP contribution is 2.21. The molecule has 0 aliphatic carbocycles. The summed E-state index contributed by atoms with van der Waals surface area (Å²) in [5.74, 6) is 0.786. The topological polar surface area (TPSA) is 12.0 Å². The van der Waals surface area contributed by atoms with E-state index in [1.165, 1.54) is 24.0 Å². The van der Waals surface area contributed by atoms with Crippen LogP contribution in [0.25, 0.3) is 0 Å². The Kier molecular flexibility index (Phi) is 3.11. The molecule has 0 saturated carbocycles. The quantitative estimate of drug-likeness (QED) is 0.779. The summed E-state index contributed by atoms with van der Waals surface area (Å²) in [4.78, 5) is 0. The molecular weight excluding hydrogens is 182 g/mol. The molecule has 0 amide bonds. The Morgan fingerprint density at radius 3 is 2.87 bits per heavy atom. The Balaban J connectivity index is 2.11. The maximum Gasteiger partial charge on any atom is 0.0210 e. The van der Waals surface area contributed by atoms with Gasteiger partial charge in [0, 0.05) is 12.6 Å². The van der Waals surface area contributed by atoms with Crippen LogP contribution in [0.3, 0.4) is 0 Å². The minimum absolute atomic E-state index is 0.680. The molecule has 1 aromatic rings. The lowest BCUT2D eigenvalue weighted by molar-refractivity contribution is 0.398. The molecule has 15 heavy (non-hydrogen) atoms. The van der Waals surface area contributed by atoms with E-state index >= 15 is 0 Å². The molecule has 0 saturated heterocycles. The summed E-state index contributed by atoms with van der Waals surface area (Å²) in [6.45, 7) is 7.83. The lowest BCUT2D eigenvalue weighted by atomic mass is 9.90. The molecule has 1 N–H and O–H groups in total. The standard InChI is InChI=1S/C14H21N/c1-10(2)6-14-8-13-7-11(3)4-5-12(13)9-15-14/h4-5,7,10,14-15H,6,8-9H2,1-3H3. The summed E-state index contributed by atoms with van der Waals surface area (Å²) >= 11 is 0. The van der Waals surface area contributed by atoms with E-state index in [9.17, 15) is 0 Å². The minimum Gasteiger partial charge on any atom is -0.310 e. The first-order valence-corrected chi connectivity index (χ1v) is 5.97. The van der Waals surface area contributed by atoms with Crippen molar-refractivity contribution in [1.82, 2.24) is 5.32 Å². The predicted molar refractivity (Wildman–Crippen MR) is 65.0 cm³/mol. The monoisotopic (exact) mass is 203 g/mol. The van der Waals surface area contributed by atoms with E-state index < -0.39 is 0 Å². The number of aryl methyl sites for hydroxylation is 1. The number of hydrogen-bond acceptors (Lipinski definition) is 1. The molecule has 1 atom stereocenters. The van der Waals surface area contributed by atoms with Gasteiger partial charge in [0.1, 0.15) is 0 Å². The summed E-state index contributed by atoms with van der Waals surface area (Å²) in [5, 5.41) is 3.63. The van der Waals surface area contributed by atoms with E-state index in [0.29, 0.717) is 6.04 Å². The summed E-state index contributed by atoms with van der Waals surface area (Å²) < 4.78 is 0. The Morgan fingerprint density at radius 2 is 2.13 bits per heavy atom. The van der Waals surface area contributed by atoms with Gasteiger partial charge < -0.3 is 5.32 Å². The second-order valence-corrected chi connectivity index (χ2v) is 5.18. The van der Waals surface area contributed by atoms with Crippen LogP contribution in [0.5, 0.6) is 0 Å². The smallest absolute Gasteiger partial charge is 0.0210 e. The van der Waals surface area contributed by atoms with Crippen LogP contribution in [-0.2, 0) is 13.0 Å². The van der Waals surface area contributed by atoms with Gasteiger partial charge in [0.2, 0.25) is 0 Å². The summed E-state index contributed by atoms with van der Waals surface area (Å²) in [6, 6.07) is 7.51. The van der Waals surface area contributed by atoms with Crippen LogP contribution in [0.15, 0.2) is 18.2 Å². The number of hydrogen-bond donors (Lipinski definition) is 1. The molecule has 82 valence electrons. The van der Waals surface area contributed by atoms with Gasteiger partial charge in [-0.1, -0.05) is 37.6 Å². The SMILES string of the molecule is Cc1ccc2c(c1)CC(CC(C)C)NC2. The average Bonchev–Trinajstić information content (AvgIpc) is 2.16. The van der Waals surface area contributed by atoms with Crippen LogP contribution in [0, 0.1) is 12.8 Å².